The van der Waals surface area contributed by atoms with Gasteiger partial charge in [0.25, 0.3) is 0 Å². The molecule has 0 spiro atoms. The highest BCUT2D eigenvalue weighted by Crippen LogP contribution is 2.24. The zero-order valence-electron chi connectivity index (χ0n) is 11.5. The smallest absolute Gasteiger partial charge is 0.338 e. The maximum Gasteiger partial charge on any atom is 0.338 e. The van der Waals surface area contributed by atoms with Crippen LogP contribution in [0.3, 0.4) is 0 Å². The van der Waals surface area contributed by atoms with Gasteiger partial charge in [0.15, 0.2) is 0 Å². The summed E-state index contributed by atoms with van der Waals surface area (Å²) in [7, 11) is 0. The third kappa shape index (κ3) is 3.10. The third-order valence-corrected chi connectivity index (χ3v) is 4.15. The lowest BCUT2D eigenvalue weighted by Gasteiger charge is -2.38. The summed E-state index contributed by atoms with van der Waals surface area (Å²) < 4.78 is 5.55. The van der Waals surface area contributed by atoms with Crippen molar-refractivity contribution in [2.75, 3.05) is 18.5 Å². The van der Waals surface area contributed by atoms with Crippen molar-refractivity contribution in [3.05, 3.63) is 17.0 Å². The SMILES string of the molecule is CCC1COC(C)CN1C(=O)Nc1sccc1C(=O)O. The Morgan fingerprint density at radius 2 is 2.35 bits per heavy atom. The minimum Gasteiger partial charge on any atom is -0.478 e. The number of carboxylic acid groups (broad SMARTS) is 1. The Morgan fingerprint density at radius 1 is 1.60 bits per heavy atom. The molecule has 0 aliphatic carbocycles. The molecule has 2 heterocycles. The number of urea groups is 1. The van der Waals surface area contributed by atoms with Gasteiger partial charge in [0.05, 0.1) is 24.3 Å². The van der Waals surface area contributed by atoms with Crippen molar-refractivity contribution in [1.29, 1.82) is 0 Å². The summed E-state index contributed by atoms with van der Waals surface area (Å²) in [6.07, 6.45) is 0.793. The number of amides is 2. The number of nitrogens with zero attached hydrogens (tertiary/aromatic N) is 1. The average Bonchev–Trinajstić information content (AvgIpc) is 2.87. The molecule has 0 saturated carbocycles. The van der Waals surface area contributed by atoms with Crippen LogP contribution in [0.2, 0.25) is 0 Å². The van der Waals surface area contributed by atoms with E-state index < -0.39 is 5.97 Å². The summed E-state index contributed by atoms with van der Waals surface area (Å²) in [5.74, 6) is -1.04. The fraction of sp³-hybridized carbons (Fsp3) is 0.538. The van der Waals surface area contributed by atoms with Crippen LogP contribution < -0.4 is 5.32 Å². The first kappa shape index (κ1) is 14.8. The number of anilines is 1. The van der Waals surface area contributed by atoms with Crippen molar-refractivity contribution < 1.29 is 19.4 Å². The molecule has 20 heavy (non-hydrogen) atoms. The van der Waals surface area contributed by atoms with E-state index in [2.05, 4.69) is 5.32 Å². The zero-order valence-corrected chi connectivity index (χ0v) is 12.3. The molecular formula is C13H18N2O4S. The van der Waals surface area contributed by atoms with E-state index in [0.29, 0.717) is 18.2 Å². The van der Waals surface area contributed by atoms with E-state index in [-0.39, 0.29) is 23.7 Å². The van der Waals surface area contributed by atoms with Crippen molar-refractivity contribution in [3.63, 3.8) is 0 Å². The highest BCUT2D eigenvalue weighted by atomic mass is 32.1. The lowest BCUT2D eigenvalue weighted by molar-refractivity contribution is -0.0356. The van der Waals surface area contributed by atoms with Gasteiger partial charge in [-0.05, 0) is 24.8 Å². The van der Waals surface area contributed by atoms with Crippen LogP contribution in [0.25, 0.3) is 0 Å². The molecule has 1 saturated heterocycles. The van der Waals surface area contributed by atoms with Crippen LogP contribution in [0.1, 0.15) is 30.6 Å². The Labute approximate surface area is 121 Å². The van der Waals surface area contributed by atoms with Crippen molar-refractivity contribution in [2.45, 2.75) is 32.4 Å². The van der Waals surface area contributed by atoms with Crippen molar-refractivity contribution in [2.24, 2.45) is 0 Å². The minimum atomic E-state index is -1.04. The fourth-order valence-electron chi connectivity index (χ4n) is 2.17. The molecule has 1 aromatic heterocycles. The zero-order chi connectivity index (χ0) is 14.7. The Kier molecular flexibility index (Phi) is 4.61. The Hall–Kier alpha value is -1.60. The van der Waals surface area contributed by atoms with Gasteiger partial charge in [0, 0.05) is 6.54 Å². The normalized spacial score (nSPS) is 22.6. The predicted molar refractivity (Wildman–Crippen MR) is 76.5 cm³/mol. The van der Waals surface area contributed by atoms with Gasteiger partial charge in [-0.25, -0.2) is 9.59 Å². The highest BCUT2D eigenvalue weighted by molar-refractivity contribution is 7.14. The molecule has 1 fully saturated rings. The lowest BCUT2D eigenvalue weighted by atomic mass is 10.1. The fourth-order valence-corrected chi connectivity index (χ4v) is 2.94. The van der Waals surface area contributed by atoms with E-state index in [4.69, 9.17) is 9.84 Å². The van der Waals surface area contributed by atoms with E-state index in [1.54, 1.807) is 10.3 Å². The number of thiophene rings is 1. The molecule has 0 bridgehead atoms. The van der Waals surface area contributed by atoms with Gasteiger partial charge in [0.2, 0.25) is 0 Å². The summed E-state index contributed by atoms with van der Waals surface area (Å²) in [5, 5.41) is 13.8. The van der Waals surface area contributed by atoms with Crippen LogP contribution in [0.5, 0.6) is 0 Å². The number of rotatable bonds is 3. The van der Waals surface area contributed by atoms with Gasteiger partial charge in [-0.15, -0.1) is 11.3 Å². The Bertz CT molecular complexity index is 502. The average molecular weight is 298 g/mol. The van der Waals surface area contributed by atoms with E-state index in [0.717, 1.165) is 6.42 Å². The minimum absolute atomic E-state index is 0.00849. The number of aromatic carboxylic acids is 1. The lowest BCUT2D eigenvalue weighted by Crippen LogP contribution is -2.52. The number of carbonyl (C=O) groups excluding carboxylic acids is 1. The Morgan fingerprint density at radius 3 is 3.00 bits per heavy atom. The first-order valence-electron chi connectivity index (χ1n) is 6.53. The summed E-state index contributed by atoms with van der Waals surface area (Å²) in [4.78, 5) is 25.1. The molecule has 1 aliphatic rings. The first-order chi connectivity index (χ1) is 9.52. The van der Waals surface area contributed by atoms with Crippen LogP contribution in [-0.4, -0.2) is 47.3 Å². The highest BCUT2D eigenvalue weighted by Gasteiger charge is 2.30. The third-order valence-electron chi connectivity index (χ3n) is 3.32. The van der Waals surface area contributed by atoms with Gasteiger partial charge < -0.3 is 14.7 Å². The Balaban J connectivity index is 2.10. The molecule has 1 aliphatic heterocycles. The molecule has 2 rings (SSSR count). The van der Waals surface area contributed by atoms with Gasteiger partial charge in [-0.2, -0.15) is 0 Å². The van der Waals surface area contributed by atoms with Crippen molar-refractivity contribution in [1.82, 2.24) is 4.90 Å². The molecule has 2 amide bonds. The molecule has 7 heteroatoms. The van der Waals surface area contributed by atoms with Gasteiger partial charge in [0.1, 0.15) is 5.00 Å². The van der Waals surface area contributed by atoms with E-state index in [9.17, 15) is 9.59 Å². The maximum absolute atomic E-state index is 12.3. The van der Waals surface area contributed by atoms with E-state index in [1.165, 1.54) is 17.4 Å². The number of nitrogens with one attached hydrogen (secondary N) is 1. The molecule has 2 N–H and O–H groups in total. The molecule has 2 unspecified atom stereocenters. The standard InChI is InChI=1S/C13H18N2O4S/c1-3-9-7-19-8(2)6-15(9)13(18)14-11-10(12(16)17)4-5-20-11/h4-5,8-9H,3,6-7H2,1-2H3,(H,14,18)(H,16,17). The number of hydrogen-bond acceptors (Lipinski definition) is 4. The molecule has 0 radical (unpaired) electrons. The van der Waals surface area contributed by atoms with Crippen LogP contribution in [0.4, 0.5) is 9.80 Å². The van der Waals surface area contributed by atoms with Crippen molar-refractivity contribution in [3.8, 4) is 0 Å². The second kappa shape index (κ2) is 6.23. The second-order valence-electron chi connectivity index (χ2n) is 4.76. The first-order valence-corrected chi connectivity index (χ1v) is 7.40. The number of ether oxygens (including phenoxy) is 1. The summed E-state index contributed by atoms with van der Waals surface area (Å²) in [6.45, 7) is 4.94. The van der Waals surface area contributed by atoms with Crippen LogP contribution in [-0.2, 0) is 4.74 Å². The summed E-state index contributed by atoms with van der Waals surface area (Å²) in [5.41, 5.74) is 0.123. The van der Waals surface area contributed by atoms with Crippen molar-refractivity contribution >= 4 is 28.3 Å². The van der Waals surface area contributed by atoms with Crippen LogP contribution in [0, 0.1) is 0 Å². The molecule has 2 atom stereocenters. The number of carboxylic acids is 1. The predicted octanol–water partition coefficient (Wildman–Crippen LogP) is 2.48. The monoisotopic (exact) mass is 298 g/mol. The molecular weight excluding hydrogens is 280 g/mol. The maximum atomic E-state index is 12.3. The molecule has 110 valence electrons. The number of morpholine rings is 1. The molecule has 1 aromatic rings. The van der Waals surface area contributed by atoms with Gasteiger partial charge in [-0.1, -0.05) is 6.92 Å². The number of hydrogen-bond donors (Lipinski definition) is 2. The van der Waals surface area contributed by atoms with E-state index in [1.807, 2.05) is 13.8 Å². The summed E-state index contributed by atoms with van der Waals surface area (Å²) >= 11 is 1.21. The largest absolute Gasteiger partial charge is 0.478 e. The quantitative estimate of drug-likeness (QED) is 0.898. The van der Waals surface area contributed by atoms with Gasteiger partial charge in [-0.3, -0.25) is 5.32 Å². The summed E-state index contributed by atoms with van der Waals surface area (Å²) in [6, 6.07) is 1.25. The van der Waals surface area contributed by atoms with Crippen LogP contribution >= 0.6 is 11.3 Å². The van der Waals surface area contributed by atoms with Gasteiger partial charge >= 0.3 is 12.0 Å². The number of carbonyl (C=O) groups is 2. The molecule has 0 aromatic carbocycles. The van der Waals surface area contributed by atoms with Crippen LogP contribution in [0.15, 0.2) is 11.4 Å². The topological polar surface area (TPSA) is 78.9 Å². The van der Waals surface area contributed by atoms with E-state index >= 15 is 0 Å². The molecule has 6 nitrogen and oxygen atoms in total. The second-order valence-corrected chi connectivity index (χ2v) is 5.67.